The molecule has 0 spiro atoms. The van der Waals surface area contributed by atoms with Crippen LogP contribution in [0.15, 0.2) is 42.7 Å². The van der Waals surface area contributed by atoms with Gasteiger partial charge in [-0.2, -0.15) is 5.10 Å². The van der Waals surface area contributed by atoms with Crippen molar-refractivity contribution in [2.45, 2.75) is 18.9 Å². The van der Waals surface area contributed by atoms with Crippen molar-refractivity contribution in [2.75, 3.05) is 12.3 Å². The number of nitrogen functional groups attached to an aromatic ring is 1. The van der Waals surface area contributed by atoms with Gasteiger partial charge >= 0.3 is 0 Å². The van der Waals surface area contributed by atoms with Crippen LogP contribution in [0.3, 0.4) is 0 Å². The van der Waals surface area contributed by atoms with Crippen LogP contribution in [-0.2, 0) is 7.05 Å². The van der Waals surface area contributed by atoms with E-state index in [1.807, 2.05) is 18.2 Å². The summed E-state index contributed by atoms with van der Waals surface area (Å²) in [7, 11) is 1.80. The molecule has 4 aromatic rings. The summed E-state index contributed by atoms with van der Waals surface area (Å²) in [4.78, 5) is 26.4. The molecule has 10 heteroatoms. The van der Waals surface area contributed by atoms with Crippen LogP contribution in [0.4, 0.5) is 5.82 Å². The number of nitrogens with one attached hydrogen (secondary N) is 1. The summed E-state index contributed by atoms with van der Waals surface area (Å²) in [6, 6.07) is 9.19. The predicted molar refractivity (Wildman–Crippen MR) is 125 cm³/mol. The number of fused-ring (bicyclic) bond motifs is 1. The smallest absolute Gasteiger partial charge is 0.273 e. The third-order valence-corrected chi connectivity index (χ3v) is 6.08. The molecule has 3 aromatic heterocycles. The van der Waals surface area contributed by atoms with Gasteiger partial charge < -0.3 is 16.2 Å². The molecular weight excluding hydrogens is 442 g/mol. The lowest BCUT2D eigenvalue weighted by Crippen LogP contribution is -2.38. The van der Waals surface area contributed by atoms with Gasteiger partial charge in [-0.05, 0) is 43.0 Å². The summed E-state index contributed by atoms with van der Waals surface area (Å²) in [6.07, 6.45) is 4.54. The Balaban J connectivity index is 1.59. The molecule has 1 amide bonds. The Hall–Kier alpha value is -3.56. The Morgan fingerprint density at radius 3 is 2.82 bits per heavy atom. The van der Waals surface area contributed by atoms with E-state index in [-0.39, 0.29) is 23.5 Å². The Kier molecular flexibility index (Phi) is 5.43. The van der Waals surface area contributed by atoms with E-state index in [4.69, 9.17) is 17.3 Å². The monoisotopic (exact) mass is 463 g/mol. The van der Waals surface area contributed by atoms with E-state index in [9.17, 15) is 9.90 Å². The molecule has 0 unspecified atom stereocenters. The van der Waals surface area contributed by atoms with Gasteiger partial charge in [0.1, 0.15) is 11.4 Å². The number of aliphatic hydroxyl groups is 1. The number of carbonyl (C=O) groups is 1. The van der Waals surface area contributed by atoms with Gasteiger partial charge in [-0.15, -0.1) is 0 Å². The topological polar surface area (TPSA) is 132 Å². The Labute approximate surface area is 194 Å². The number of halogens is 1. The molecule has 1 aliphatic carbocycles. The van der Waals surface area contributed by atoms with E-state index >= 15 is 0 Å². The number of anilines is 1. The first-order chi connectivity index (χ1) is 15.9. The zero-order chi connectivity index (χ0) is 23.1. The SMILES string of the molecule is Cn1ccc(-c2nc(N)c(C(=O)NCC3CC(O)C3)nc2-c2cc(Cl)c3ncccc3c2)n1. The molecular formula is C23H22ClN7O2. The minimum atomic E-state index is -0.413. The first kappa shape index (κ1) is 21.3. The quantitative estimate of drug-likeness (QED) is 0.414. The van der Waals surface area contributed by atoms with E-state index < -0.39 is 5.91 Å². The Morgan fingerprint density at radius 2 is 2.09 bits per heavy atom. The zero-order valence-electron chi connectivity index (χ0n) is 17.9. The second-order valence-electron chi connectivity index (χ2n) is 8.26. The summed E-state index contributed by atoms with van der Waals surface area (Å²) in [6.45, 7) is 0.446. The van der Waals surface area contributed by atoms with Crippen molar-refractivity contribution in [1.29, 1.82) is 0 Å². The Morgan fingerprint density at radius 1 is 1.27 bits per heavy atom. The maximum atomic E-state index is 12.9. The number of amides is 1. The Bertz CT molecular complexity index is 1360. The van der Waals surface area contributed by atoms with Gasteiger partial charge in [0.25, 0.3) is 5.91 Å². The number of aliphatic hydroxyl groups excluding tert-OH is 1. The maximum Gasteiger partial charge on any atom is 0.273 e. The van der Waals surface area contributed by atoms with Gasteiger partial charge in [-0.3, -0.25) is 14.5 Å². The maximum absolute atomic E-state index is 12.9. The summed E-state index contributed by atoms with van der Waals surface area (Å²) < 4.78 is 1.65. The number of rotatable bonds is 5. The molecule has 1 saturated carbocycles. The van der Waals surface area contributed by atoms with E-state index in [1.54, 1.807) is 36.3 Å². The van der Waals surface area contributed by atoms with Gasteiger partial charge in [0, 0.05) is 36.9 Å². The first-order valence-corrected chi connectivity index (χ1v) is 11.0. The van der Waals surface area contributed by atoms with Crippen LogP contribution >= 0.6 is 11.6 Å². The van der Waals surface area contributed by atoms with Gasteiger partial charge in [0.05, 0.1) is 22.3 Å². The number of aryl methyl sites for hydroxylation is 1. The highest BCUT2D eigenvalue weighted by Crippen LogP contribution is 2.34. The van der Waals surface area contributed by atoms with Crippen molar-refractivity contribution in [1.82, 2.24) is 30.0 Å². The summed E-state index contributed by atoms with van der Waals surface area (Å²) in [5.41, 5.74) is 9.01. The van der Waals surface area contributed by atoms with Crippen LogP contribution in [0.1, 0.15) is 23.3 Å². The van der Waals surface area contributed by atoms with Crippen LogP contribution < -0.4 is 11.1 Å². The fourth-order valence-electron chi connectivity index (χ4n) is 4.01. The van der Waals surface area contributed by atoms with Crippen molar-refractivity contribution in [3.63, 3.8) is 0 Å². The molecule has 0 radical (unpaired) electrons. The molecule has 9 nitrogen and oxygen atoms in total. The molecule has 1 aliphatic rings. The van der Waals surface area contributed by atoms with Crippen molar-refractivity contribution in [3.8, 4) is 22.6 Å². The van der Waals surface area contributed by atoms with E-state index in [2.05, 4.69) is 25.4 Å². The fraction of sp³-hybridized carbons (Fsp3) is 0.261. The molecule has 3 heterocycles. The number of benzene rings is 1. The van der Waals surface area contributed by atoms with Crippen LogP contribution in [0.25, 0.3) is 33.5 Å². The molecule has 5 rings (SSSR count). The van der Waals surface area contributed by atoms with E-state index in [1.165, 1.54) is 0 Å². The second kappa shape index (κ2) is 8.42. The molecule has 0 bridgehead atoms. The predicted octanol–water partition coefficient (Wildman–Crippen LogP) is 2.83. The summed E-state index contributed by atoms with van der Waals surface area (Å²) >= 11 is 6.51. The van der Waals surface area contributed by atoms with Gasteiger partial charge in [0.15, 0.2) is 11.5 Å². The largest absolute Gasteiger partial charge is 0.393 e. The highest BCUT2D eigenvalue weighted by molar-refractivity contribution is 6.35. The number of hydrogen-bond acceptors (Lipinski definition) is 7. The van der Waals surface area contributed by atoms with Crippen molar-refractivity contribution in [3.05, 3.63) is 53.4 Å². The number of pyridine rings is 1. The van der Waals surface area contributed by atoms with Crippen LogP contribution in [0.2, 0.25) is 5.02 Å². The van der Waals surface area contributed by atoms with Gasteiger partial charge in [-0.1, -0.05) is 17.7 Å². The molecule has 168 valence electrons. The lowest BCUT2D eigenvalue weighted by atomic mass is 9.82. The lowest BCUT2D eigenvalue weighted by molar-refractivity contribution is 0.0420. The highest BCUT2D eigenvalue weighted by Gasteiger charge is 2.28. The molecule has 0 atom stereocenters. The van der Waals surface area contributed by atoms with E-state index in [0.29, 0.717) is 52.6 Å². The van der Waals surface area contributed by atoms with E-state index in [0.717, 1.165) is 5.39 Å². The standard InChI is InChI=1S/C23H22ClN7O2/c1-31-6-4-17(30-31)20-19(14-9-13-3-2-5-26-18(13)16(24)10-14)28-21(22(25)29-20)23(33)27-11-12-7-15(32)8-12/h2-6,9-10,12,15,32H,7-8,11H2,1H3,(H2,25,29)(H,27,33). The van der Waals surface area contributed by atoms with Crippen LogP contribution in [-0.4, -0.2) is 48.4 Å². The molecule has 1 fully saturated rings. The average Bonchev–Trinajstić information content (AvgIpc) is 3.21. The minimum Gasteiger partial charge on any atom is -0.393 e. The normalized spacial score (nSPS) is 17.7. The zero-order valence-corrected chi connectivity index (χ0v) is 18.6. The van der Waals surface area contributed by atoms with Crippen LogP contribution in [0, 0.1) is 5.92 Å². The molecule has 33 heavy (non-hydrogen) atoms. The highest BCUT2D eigenvalue weighted by atomic mass is 35.5. The lowest BCUT2D eigenvalue weighted by Gasteiger charge is -2.31. The number of nitrogens with two attached hydrogens (primary N) is 1. The minimum absolute atomic E-state index is 0.0131. The second-order valence-corrected chi connectivity index (χ2v) is 8.67. The number of carbonyl (C=O) groups excluding carboxylic acids is 1. The molecule has 0 aliphatic heterocycles. The third-order valence-electron chi connectivity index (χ3n) is 5.79. The summed E-state index contributed by atoms with van der Waals surface area (Å²) in [5, 5.41) is 18.1. The number of aromatic nitrogens is 5. The third kappa shape index (κ3) is 4.12. The molecule has 1 aromatic carbocycles. The average molecular weight is 464 g/mol. The fourth-order valence-corrected chi connectivity index (χ4v) is 4.28. The van der Waals surface area contributed by atoms with Crippen LogP contribution in [0.5, 0.6) is 0 Å². The number of hydrogen-bond donors (Lipinski definition) is 3. The molecule has 4 N–H and O–H groups in total. The number of nitrogens with zero attached hydrogens (tertiary/aromatic N) is 5. The van der Waals surface area contributed by atoms with Crippen molar-refractivity contribution < 1.29 is 9.90 Å². The molecule has 0 saturated heterocycles. The van der Waals surface area contributed by atoms with Crippen molar-refractivity contribution >= 4 is 34.2 Å². The summed E-state index contributed by atoms with van der Waals surface area (Å²) in [5.74, 6) is -0.153. The van der Waals surface area contributed by atoms with Gasteiger partial charge in [0.2, 0.25) is 0 Å². The first-order valence-electron chi connectivity index (χ1n) is 10.6. The van der Waals surface area contributed by atoms with Gasteiger partial charge in [-0.25, -0.2) is 9.97 Å². The van der Waals surface area contributed by atoms with Crippen molar-refractivity contribution in [2.24, 2.45) is 13.0 Å².